The Morgan fingerprint density at radius 1 is 0.436 bits per heavy atom. The van der Waals surface area contributed by atoms with Gasteiger partial charge in [0.05, 0.1) is 29.5 Å². The highest BCUT2D eigenvalue weighted by Crippen LogP contribution is 2.45. The summed E-state index contributed by atoms with van der Waals surface area (Å²) in [5, 5.41) is 4.15. The monoisotopic (exact) mass is 728 g/mol. The quantitative estimate of drug-likeness (QED) is 0.146. The Bertz CT molecular complexity index is 2860. The van der Waals surface area contributed by atoms with Crippen molar-refractivity contribution < 1.29 is 9.30 Å². The standard InChI is InChI=1S/C50H37N2O2P/c1-34-18-20-37(21-19-34)49-32-43(35-12-6-3-7-13-35)45-30-41(26-28-47(45)51-49)55(53,40-16-10-5-11-17-40)42-27-29-48-46(31-42)44(36-14-8-4-9-15-36)33-50(52-48)38-22-24-39(54-2)25-23-38/h3-33H,1-2H3. The molecule has 0 fully saturated rings. The SMILES string of the molecule is COc1ccc(-c2cc(-c3ccccc3)c3cc(P(=O)(c4ccccc4)c4ccc5nc(-c6ccc(C)cc6)cc(-c6ccccc6)c5c4)ccc3n2)cc1. The lowest BCUT2D eigenvalue weighted by Gasteiger charge is -2.22. The number of ether oxygens (including phenoxy) is 1. The van der Waals surface area contributed by atoms with Gasteiger partial charge >= 0.3 is 0 Å². The number of methoxy groups -OCH3 is 1. The number of hydrogen-bond acceptors (Lipinski definition) is 4. The second kappa shape index (κ2) is 14.3. The highest BCUT2D eigenvalue weighted by molar-refractivity contribution is 7.85. The highest BCUT2D eigenvalue weighted by Gasteiger charge is 2.31. The number of fused-ring (bicyclic) bond motifs is 2. The van der Waals surface area contributed by atoms with E-state index in [0.29, 0.717) is 0 Å². The highest BCUT2D eigenvalue weighted by atomic mass is 31.2. The Labute approximate surface area is 321 Å². The fourth-order valence-electron chi connectivity index (χ4n) is 7.40. The van der Waals surface area contributed by atoms with Crippen LogP contribution in [-0.2, 0) is 4.57 Å². The van der Waals surface area contributed by atoms with Crippen LogP contribution in [0, 0.1) is 6.92 Å². The first kappa shape index (κ1) is 34.2. The second-order valence-electron chi connectivity index (χ2n) is 13.8. The van der Waals surface area contributed by atoms with E-state index in [1.54, 1.807) is 7.11 Å². The van der Waals surface area contributed by atoms with Gasteiger partial charge in [-0.05, 0) is 102 Å². The summed E-state index contributed by atoms with van der Waals surface area (Å²) in [4.78, 5) is 10.3. The summed E-state index contributed by atoms with van der Waals surface area (Å²) in [6, 6.07) is 63.6. The van der Waals surface area contributed by atoms with E-state index >= 15 is 4.57 Å². The summed E-state index contributed by atoms with van der Waals surface area (Å²) >= 11 is 0. The minimum atomic E-state index is -3.43. The van der Waals surface area contributed by atoms with Crippen LogP contribution in [0.3, 0.4) is 0 Å². The maximum absolute atomic E-state index is 16.2. The van der Waals surface area contributed by atoms with Crippen molar-refractivity contribution in [2.75, 3.05) is 7.11 Å². The minimum absolute atomic E-state index is 0.743. The van der Waals surface area contributed by atoms with E-state index in [1.807, 2.05) is 103 Å². The lowest BCUT2D eigenvalue weighted by atomic mass is 9.98. The Balaban J connectivity index is 1.26. The van der Waals surface area contributed by atoms with Crippen molar-refractivity contribution in [3.05, 3.63) is 194 Å². The van der Waals surface area contributed by atoms with E-state index in [4.69, 9.17) is 14.7 Å². The molecule has 1 atom stereocenters. The van der Waals surface area contributed by atoms with E-state index in [0.717, 1.165) is 88.2 Å². The summed E-state index contributed by atoms with van der Waals surface area (Å²) in [6.07, 6.45) is 0. The first-order chi connectivity index (χ1) is 27.0. The van der Waals surface area contributed by atoms with Crippen LogP contribution in [-0.4, -0.2) is 17.1 Å². The fraction of sp³-hybridized carbons (Fsp3) is 0.0400. The Morgan fingerprint density at radius 3 is 1.33 bits per heavy atom. The molecule has 4 nitrogen and oxygen atoms in total. The summed E-state index contributed by atoms with van der Waals surface area (Å²) < 4.78 is 21.6. The Morgan fingerprint density at radius 2 is 0.873 bits per heavy atom. The van der Waals surface area contributed by atoms with Gasteiger partial charge in [-0.3, -0.25) is 0 Å². The van der Waals surface area contributed by atoms with E-state index in [-0.39, 0.29) is 0 Å². The van der Waals surface area contributed by atoms with Gasteiger partial charge < -0.3 is 9.30 Å². The van der Waals surface area contributed by atoms with Crippen molar-refractivity contribution in [2.45, 2.75) is 6.92 Å². The third-order valence-electron chi connectivity index (χ3n) is 10.3. The average Bonchev–Trinajstić information content (AvgIpc) is 3.26. The van der Waals surface area contributed by atoms with Crippen LogP contribution in [0.2, 0.25) is 0 Å². The fourth-order valence-corrected chi connectivity index (χ4v) is 10.1. The molecule has 0 N–H and O–H groups in total. The van der Waals surface area contributed by atoms with Gasteiger partial charge in [0.1, 0.15) is 5.75 Å². The Hall–Kier alpha value is -6.61. The smallest absolute Gasteiger partial charge is 0.171 e. The summed E-state index contributed by atoms with van der Waals surface area (Å²) in [6.45, 7) is 2.09. The van der Waals surface area contributed by atoms with E-state index in [1.165, 1.54) is 5.56 Å². The van der Waals surface area contributed by atoms with Crippen LogP contribution >= 0.6 is 7.14 Å². The molecule has 0 radical (unpaired) electrons. The molecule has 9 aromatic rings. The molecule has 2 aromatic heterocycles. The molecule has 55 heavy (non-hydrogen) atoms. The molecule has 0 aliphatic heterocycles. The van der Waals surface area contributed by atoms with Crippen molar-refractivity contribution in [3.8, 4) is 50.5 Å². The van der Waals surface area contributed by atoms with Gasteiger partial charge in [0.15, 0.2) is 7.14 Å². The summed E-state index contributed by atoms with van der Waals surface area (Å²) in [5.74, 6) is 0.793. The molecule has 9 rings (SSSR count). The van der Waals surface area contributed by atoms with E-state index < -0.39 is 7.14 Å². The number of benzene rings is 7. The van der Waals surface area contributed by atoms with Crippen molar-refractivity contribution in [1.82, 2.24) is 9.97 Å². The molecule has 0 saturated heterocycles. The van der Waals surface area contributed by atoms with E-state index in [2.05, 4.69) is 91.9 Å². The number of hydrogen-bond donors (Lipinski definition) is 0. The van der Waals surface area contributed by atoms with Crippen LogP contribution in [0.1, 0.15) is 5.56 Å². The molecular weight excluding hydrogens is 692 g/mol. The largest absolute Gasteiger partial charge is 0.497 e. The molecule has 0 aliphatic rings. The van der Waals surface area contributed by atoms with Crippen LogP contribution in [0.25, 0.3) is 66.6 Å². The number of aryl methyl sites for hydroxylation is 1. The normalized spacial score (nSPS) is 12.4. The van der Waals surface area contributed by atoms with Crippen molar-refractivity contribution in [2.24, 2.45) is 0 Å². The van der Waals surface area contributed by atoms with Crippen molar-refractivity contribution in [3.63, 3.8) is 0 Å². The van der Waals surface area contributed by atoms with Gasteiger partial charge in [-0.15, -0.1) is 0 Å². The van der Waals surface area contributed by atoms with Crippen molar-refractivity contribution >= 4 is 44.9 Å². The molecule has 0 bridgehead atoms. The Kier molecular flexibility index (Phi) is 8.90. The molecule has 0 amide bonds. The van der Waals surface area contributed by atoms with Gasteiger partial charge in [0.2, 0.25) is 0 Å². The van der Waals surface area contributed by atoms with Gasteiger partial charge in [0, 0.05) is 37.8 Å². The van der Waals surface area contributed by atoms with Crippen LogP contribution in [0.4, 0.5) is 0 Å². The number of pyridine rings is 2. The summed E-state index contributed by atoms with van der Waals surface area (Å²) in [7, 11) is -1.76. The lowest BCUT2D eigenvalue weighted by molar-refractivity contribution is 0.415. The molecule has 0 spiro atoms. The molecule has 0 aliphatic carbocycles. The molecule has 5 heteroatoms. The molecule has 2 heterocycles. The van der Waals surface area contributed by atoms with Crippen LogP contribution < -0.4 is 20.7 Å². The zero-order chi connectivity index (χ0) is 37.4. The molecule has 7 aromatic carbocycles. The molecule has 0 saturated carbocycles. The zero-order valence-electron chi connectivity index (χ0n) is 30.6. The third kappa shape index (κ3) is 6.41. The maximum atomic E-state index is 16.2. The predicted octanol–water partition coefficient (Wildman–Crippen LogP) is 11.4. The number of nitrogens with zero attached hydrogens (tertiary/aromatic N) is 2. The van der Waals surface area contributed by atoms with Crippen LogP contribution in [0.15, 0.2) is 188 Å². The third-order valence-corrected chi connectivity index (χ3v) is 13.4. The lowest BCUT2D eigenvalue weighted by Crippen LogP contribution is -2.25. The average molecular weight is 729 g/mol. The molecule has 264 valence electrons. The first-order valence-electron chi connectivity index (χ1n) is 18.4. The minimum Gasteiger partial charge on any atom is -0.497 e. The molecule has 1 unspecified atom stereocenters. The predicted molar refractivity (Wildman–Crippen MR) is 229 cm³/mol. The first-order valence-corrected chi connectivity index (χ1v) is 20.1. The van der Waals surface area contributed by atoms with Crippen molar-refractivity contribution in [1.29, 1.82) is 0 Å². The number of rotatable bonds is 8. The maximum Gasteiger partial charge on any atom is 0.171 e. The van der Waals surface area contributed by atoms with Gasteiger partial charge in [-0.1, -0.05) is 121 Å². The number of aromatic nitrogens is 2. The van der Waals surface area contributed by atoms with Gasteiger partial charge in [0.25, 0.3) is 0 Å². The second-order valence-corrected chi connectivity index (χ2v) is 16.6. The van der Waals surface area contributed by atoms with E-state index in [9.17, 15) is 0 Å². The zero-order valence-corrected chi connectivity index (χ0v) is 31.5. The van der Waals surface area contributed by atoms with Gasteiger partial charge in [-0.25, -0.2) is 9.97 Å². The topological polar surface area (TPSA) is 52.1 Å². The summed E-state index contributed by atoms with van der Waals surface area (Å²) in [5.41, 5.74) is 10.9. The van der Waals surface area contributed by atoms with Crippen LogP contribution in [0.5, 0.6) is 5.75 Å². The molecular formula is C50H37N2O2P. The van der Waals surface area contributed by atoms with Gasteiger partial charge in [-0.2, -0.15) is 0 Å².